The van der Waals surface area contributed by atoms with E-state index >= 15 is 0 Å². The average Bonchev–Trinajstić information content (AvgIpc) is 2.83. The molecule has 3 heteroatoms. The van der Waals surface area contributed by atoms with Gasteiger partial charge in [-0.05, 0) is 67.1 Å². The van der Waals surface area contributed by atoms with Gasteiger partial charge in [-0.25, -0.2) is 8.78 Å². The van der Waals surface area contributed by atoms with E-state index in [1.165, 1.54) is 23.8 Å². The van der Waals surface area contributed by atoms with Crippen LogP contribution in [0.2, 0.25) is 0 Å². The Morgan fingerprint density at radius 2 is 1.81 bits per heavy atom. The molecule has 1 aliphatic rings. The molecule has 2 aromatic rings. The van der Waals surface area contributed by atoms with Gasteiger partial charge in [0.2, 0.25) is 0 Å². The maximum atomic E-state index is 13.2. The van der Waals surface area contributed by atoms with Gasteiger partial charge in [-0.1, -0.05) is 18.2 Å². The molecule has 0 bridgehead atoms. The Balaban J connectivity index is 1.64. The molecule has 0 aromatic heterocycles. The van der Waals surface area contributed by atoms with Crippen LogP contribution in [0.3, 0.4) is 0 Å². The molecule has 2 atom stereocenters. The molecule has 110 valence electrons. The highest BCUT2D eigenvalue weighted by Crippen LogP contribution is 2.32. The van der Waals surface area contributed by atoms with E-state index in [4.69, 9.17) is 0 Å². The second-order valence-corrected chi connectivity index (χ2v) is 5.83. The van der Waals surface area contributed by atoms with Gasteiger partial charge in [-0.2, -0.15) is 0 Å². The van der Waals surface area contributed by atoms with E-state index in [0.717, 1.165) is 30.4 Å². The monoisotopic (exact) mass is 287 g/mol. The van der Waals surface area contributed by atoms with Crippen molar-refractivity contribution in [3.63, 3.8) is 0 Å². The van der Waals surface area contributed by atoms with Gasteiger partial charge in [0.15, 0.2) is 0 Å². The van der Waals surface area contributed by atoms with Gasteiger partial charge in [0.05, 0.1) is 0 Å². The molecule has 0 radical (unpaired) electrons. The molecule has 0 saturated carbocycles. The first-order valence-electron chi connectivity index (χ1n) is 7.40. The number of hydrogen-bond acceptors (Lipinski definition) is 1. The molecule has 1 aliphatic carbocycles. The van der Waals surface area contributed by atoms with Crippen molar-refractivity contribution in [3.05, 3.63) is 70.8 Å². The van der Waals surface area contributed by atoms with E-state index < -0.39 is 0 Å². The van der Waals surface area contributed by atoms with Crippen molar-refractivity contribution in [1.29, 1.82) is 0 Å². The van der Waals surface area contributed by atoms with Crippen LogP contribution >= 0.6 is 0 Å². The van der Waals surface area contributed by atoms with Crippen molar-refractivity contribution in [2.75, 3.05) is 0 Å². The van der Waals surface area contributed by atoms with Crippen LogP contribution in [0.25, 0.3) is 0 Å². The van der Waals surface area contributed by atoms with Gasteiger partial charge in [0.1, 0.15) is 11.6 Å². The fraction of sp³-hybridized carbons (Fsp3) is 0.333. The van der Waals surface area contributed by atoms with Gasteiger partial charge < -0.3 is 5.32 Å². The van der Waals surface area contributed by atoms with Gasteiger partial charge in [0.25, 0.3) is 0 Å². The Morgan fingerprint density at radius 1 is 1.10 bits per heavy atom. The third kappa shape index (κ3) is 3.30. The number of benzene rings is 2. The molecule has 0 fully saturated rings. The number of fused-ring (bicyclic) bond motifs is 1. The third-order valence-corrected chi connectivity index (χ3v) is 4.12. The van der Waals surface area contributed by atoms with Crippen LogP contribution in [-0.4, -0.2) is 6.04 Å². The van der Waals surface area contributed by atoms with Gasteiger partial charge in [-0.15, -0.1) is 0 Å². The predicted octanol–water partition coefficient (Wildman–Crippen LogP) is 4.17. The summed E-state index contributed by atoms with van der Waals surface area (Å²) in [5.41, 5.74) is 3.44. The minimum absolute atomic E-state index is 0.159. The summed E-state index contributed by atoms with van der Waals surface area (Å²) in [6, 6.07) is 12.3. The summed E-state index contributed by atoms with van der Waals surface area (Å²) in [7, 11) is 0. The Morgan fingerprint density at radius 3 is 2.57 bits per heavy atom. The first-order valence-corrected chi connectivity index (χ1v) is 7.40. The molecule has 1 N–H and O–H groups in total. The van der Waals surface area contributed by atoms with Crippen LogP contribution < -0.4 is 5.32 Å². The van der Waals surface area contributed by atoms with E-state index in [2.05, 4.69) is 12.2 Å². The molecule has 0 spiro atoms. The number of halogens is 2. The van der Waals surface area contributed by atoms with E-state index in [1.807, 2.05) is 18.2 Å². The molecule has 2 unspecified atom stereocenters. The topological polar surface area (TPSA) is 12.0 Å². The highest BCUT2D eigenvalue weighted by atomic mass is 19.1. The van der Waals surface area contributed by atoms with Crippen molar-refractivity contribution in [3.8, 4) is 0 Å². The average molecular weight is 287 g/mol. The second-order valence-electron chi connectivity index (χ2n) is 5.83. The Hall–Kier alpha value is -1.74. The Bertz CT molecular complexity index is 622. The summed E-state index contributed by atoms with van der Waals surface area (Å²) in [5.74, 6) is -0.361. The first kappa shape index (κ1) is 14.2. The first-order chi connectivity index (χ1) is 10.1. The van der Waals surface area contributed by atoms with Crippen LogP contribution in [0.15, 0.2) is 42.5 Å². The standard InChI is InChI=1S/C18H19F2N/c1-12(10-13-2-5-15(19)6-3-13)21-18-9-4-14-11-16(20)7-8-17(14)18/h2-3,5-8,11-12,18,21H,4,9-10H2,1H3. The molecular weight excluding hydrogens is 268 g/mol. The van der Waals surface area contributed by atoms with Crippen molar-refractivity contribution in [1.82, 2.24) is 5.32 Å². The van der Waals surface area contributed by atoms with Crippen LogP contribution in [0.5, 0.6) is 0 Å². The van der Waals surface area contributed by atoms with Crippen molar-refractivity contribution >= 4 is 0 Å². The molecule has 2 aromatic carbocycles. The largest absolute Gasteiger partial charge is 0.307 e. The summed E-state index contributed by atoms with van der Waals surface area (Å²) in [6.45, 7) is 2.13. The fourth-order valence-electron chi connectivity index (χ4n) is 3.14. The number of hydrogen-bond donors (Lipinski definition) is 1. The highest BCUT2D eigenvalue weighted by molar-refractivity contribution is 5.35. The van der Waals surface area contributed by atoms with E-state index in [9.17, 15) is 8.78 Å². The highest BCUT2D eigenvalue weighted by Gasteiger charge is 2.23. The number of rotatable bonds is 4. The van der Waals surface area contributed by atoms with E-state index in [0.29, 0.717) is 0 Å². The van der Waals surface area contributed by atoms with E-state index in [1.54, 1.807) is 6.07 Å². The summed E-state index contributed by atoms with van der Waals surface area (Å²) in [4.78, 5) is 0. The normalized spacial score (nSPS) is 18.5. The molecule has 21 heavy (non-hydrogen) atoms. The van der Waals surface area contributed by atoms with Gasteiger partial charge in [0, 0.05) is 12.1 Å². The van der Waals surface area contributed by atoms with E-state index in [-0.39, 0.29) is 23.7 Å². The lowest BCUT2D eigenvalue weighted by Gasteiger charge is -2.20. The molecule has 0 amide bonds. The van der Waals surface area contributed by atoms with Crippen molar-refractivity contribution in [2.24, 2.45) is 0 Å². The molecule has 0 aliphatic heterocycles. The minimum Gasteiger partial charge on any atom is -0.307 e. The lowest BCUT2D eigenvalue weighted by molar-refractivity contribution is 0.451. The molecule has 0 heterocycles. The zero-order valence-electron chi connectivity index (χ0n) is 12.1. The number of aryl methyl sites for hydroxylation is 1. The van der Waals surface area contributed by atoms with Crippen LogP contribution in [0, 0.1) is 11.6 Å². The van der Waals surface area contributed by atoms with Crippen LogP contribution in [-0.2, 0) is 12.8 Å². The smallest absolute Gasteiger partial charge is 0.123 e. The maximum absolute atomic E-state index is 13.2. The summed E-state index contributed by atoms with van der Waals surface area (Å²) < 4.78 is 26.1. The lowest BCUT2D eigenvalue weighted by atomic mass is 10.0. The predicted molar refractivity (Wildman–Crippen MR) is 80.2 cm³/mol. The molecule has 3 rings (SSSR count). The number of nitrogens with one attached hydrogen (secondary N) is 1. The van der Waals surface area contributed by atoms with Gasteiger partial charge in [-0.3, -0.25) is 0 Å². The van der Waals surface area contributed by atoms with Crippen molar-refractivity contribution < 1.29 is 8.78 Å². The Labute approximate surface area is 124 Å². The lowest BCUT2D eigenvalue weighted by Crippen LogP contribution is -2.31. The molecule has 1 nitrogen and oxygen atoms in total. The molecule has 0 saturated heterocycles. The summed E-state index contributed by atoms with van der Waals surface area (Å²) in [6.07, 6.45) is 2.79. The Kier molecular flexibility index (Phi) is 4.02. The maximum Gasteiger partial charge on any atom is 0.123 e. The zero-order chi connectivity index (χ0) is 14.8. The molecular formula is C18H19F2N. The summed E-state index contributed by atoms with van der Waals surface area (Å²) in [5, 5.41) is 3.60. The zero-order valence-corrected chi connectivity index (χ0v) is 12.1. The quantitative estimate of drug-likeness (QED) is 0.890. The van der Waals surface area contributed by atoms with Gasteiger partial charge >= 0.3 is 0 Å². The van der Waals surface area contributed by atoms with Crippen molar-refractivity contribution in [2.45, 2.75) is 38.3 Å². The SMILES string of the molecule is CC(Cc1ccc(F)cc1)NC1CCc2cc(F)ccc21. The summed E-state index contributed by atoms with van der Waals surface area (Å²) >= 11 is 0. The second kappa shape index (κ2) is 5.94. The minimum atomic E-state index is -0.203. The fourth-order valence-corrected chi connectivity index (χ4v) is 3.14. The van der Waals surface area contributed by atoms with Crippen LogP contribution in [0.4, 0.5) is 8.78 Å². The third-order valence-electron chi connectivity index (χ3n) is 4.12. The van der Waals surface area contributed by atoms with Crippen LogP contribution in [0.1, 0.15) is 36.1 Å².